The summed E-state index contributed by atoms with van der Waals surface area (Å²) in [4.78, 5) is 177. The number of fused-ring (bicyclic) bond motifs is 6. The van der Waals surface area contributed by atoms with Crippen LogP contribution in [-0.2, 0) is 44.9 Å². The average Bonchev–Trinajstić information content (AvgIpc) is 1.47. The van der Waals surface area contributed by atoms with Gasteiger partial charge >= 0.3 is 23.9 Å². The monoisotopic (exact) mass is 1420 g/mol. The maximum absolute atomic E-state index is 13.9. The molecule has 100 heavy (non-hydrogen) atoms. The Bertz CT molecular complexity index is 4790. The Balaban J connectivity index is 0.689. The quantitative estimate of drug-likeness (QED) is 0.0166. The van der Waals surface area contributed by atoms with E-state index in [0.717, 1.165) is 37.4 Å². The van der Waals surface area contributed by atoms with Crippen molar-refractivity contribution in [1.82, 2.24) is 56.1 Å². The third-order valence-electron chi connectivity index (χ3n) is 15.4. The summed E-state index contributed by atoms with van der Waals surface area (Å²) in [5.74, 6) is -11.5. The summed E-state index contributed by atoms with van der Waals surface area (Å²) in [6.45, 7) is -3.00. The van der Waals surface area contributed by atoms with Crippen LogP contribution in [0.2, 0.25) is 0 Å². The summed E-state index contributed by atoms with van der Waals surface area (Å²) in [6.07, 6.45) is 0.138. The molecule has 0 radical (unpaired) electrons. The van der Waals surface area contributed by atoms with E-state index in [1.54, 1.807) is 60.7 Å². The van der Waals surface area contributed by atoms with E-state index in [2.05, 4.69) is 67.1 Å². The number of phenolic OH excluding ortho intramolecular Hbond substituents is 1. The van der Waals surface area contributed by atoms with E-state index in [0.29, 0.717) is 55.6 Å². The van der Waals surface area contributed by atoms with Gasteiger partial charge in [0.25, 0.3) is 23.3 Å². The van der Waals surface area contributed by atoms with Crippen molar-refractivity contribution < 1.29 is 78.3 Å². The second-order valence-electron chi connectivity index (χ2n) is 22.7. The molecule has 4 atom stereocenters. The Morgan fingerprint density at radius 3 is 2.00 bits per heavy atom. The lowest BCUT2D eigenvalue weighted by atomic mass is 10.0. The number of carbonyl (C=O) groups excluding carboxylic acids is 7. The third kappa shape index (κ3) is 17.8. The Kier molecular flexibility index (Phi) is 22.4. The molecule has 1 aliphatic rings. The molecular formula is C64H61ClN16O17S2. The highest BCUT2D eigenvalue weighted by molar-refractivity contribution is 8.76. The normalized spacial score (nSPS) is 13.5. The van der Waals surface area contributed by atoms with Gasteiger partial charge < -0.3 is 83.4 Å². The average molecular weight is 1430 g/mol. The number of benzene rings is 5. The molecular weight excluding hydrogens is 1360 g/mol. The number of nitrogens with one attached hydrogen (secondary N) is 10. The molecule has 0 saturated carbocycles. The molecule has 4 aromatic heterocycles. The van der Waals surface area contributed by atoms with Crippen LogP contribution in [0.25, 0.3) is 43.7 Å². The van der Waals surface area contributed by atoms with Gasteiger partial charge in [-0.1, -0.05) is 45.9 Å². The maximum Gasteiger partial charge on any atom is 0.327 e. The first-order valence-corrected chi connectivity index (χ1v) is 33.2. The Morgan fingerprint density at radius 1 is 0.670 bits per heavy atom. The van der Waals surface area contributed by atoms with Crippen LogP contribution in [0.5, 0.6) is 5.75 Å². The fraction of sp³-hybridized carbons (Fsp3) is 0.234. The Morgan fingerprint density at radius 2 is 1.32 bits per heavy atom. The zero-order valence-electron chi connectivity index (χ0n) is 52.1. The SMILES string of the molecule is Nc1nc2ncc(CNc3ccc(C(=O)NC(CCC(=O)NC(CNC(=O)CN(CC(=O)O)CC(=O)O)C(=O)NC(CSSCCC(=O)Nc4ccc5[nH]c(C(=O)Nc6ccc7[nH]c(C(=O)N8CC(Cl)c9c8cc(O)c8ccccc98)cc7c6)cc5c4)C(=O)O)C(=O)O)cc3)nc2c(=O)[nH]1. The number of nitrogens with two attached hydrogens (primary N) is 1. The molecule has 9 aromatic rings. The number of aromatic amines is 3. The van der Waals surface area contributed by atoms with Crippen molar-refractivity contribution in [3.63, 3.8) is 0 Å². The number of aliphatic carboxylic acids is 4. The summed E-state index contributed by atoms with van der Waals surface area (Å²) in [5.41, 5.74) is 9.67. The lowest BCUT2D eigenvalue weighted by Gasteiger charge is -2.23. The minimum atomic E-state index is -1.76. The maximum atomic E-state index is 13.9. The molecule has 7 amide bonds. The van der Waals surface area contributed by atoms with Gasteiger partial charge in [0.1, 0.15) is 35.3 Å². The van der Waals surface area contributed by atoms with Crippen LogP contribution in [0.1, 0.15) is 67.2 Å². The summed E-state index contributed by atoms with van der Waals surface area (Å²) in [7, 11) is 2.07. The van der Waals surface area contributed by atoms with Gasteiger partial charge in [0.15, 0.2) is 11.2 Å². The van der Waals surface area contributed by atoms with Crippen molar-refractivity contribution in [2.45, 2.75) is 49.3 Å². The standard InChI is InChI=1S/C64H61ClN16O17S2/c65-39-25-81(47-21-48(82)37-3-1-2-4-38(37)54(39)47)61(94)44-20-32-18-35(10-12-41(32)74-44)72-58(91)43-19-31-17-34(9-11-40(31)73-43)70-50(84)15-16-99-100-29-46(63(97)98)77-59(92)45(24-68-51(85)26-80(27-52(86)87)28-53(88)89)75-49(83)14-13-42(62(95)96)76-57(90)30-5-7-33(8-6-30)67-22-36-23-69-56-55(71-36)60(93)79-64(66)78-56/h1-12,17-21,23,39,42,45-46,67,73-74,82H,13-16,22,24-29H2,(H,68,85)(H,70,84)(H,72,91)(H,75,83)(H,76,90)(H,77,92)(H,86,87)(H,88,89)(H,95,96)(H,97,98)(H3,66,69,78,79,93). The largest absolute Gasteiger partial charge is 0.507 e. The van der Waals surface area contributed by atoms with Crippen LogP contribution < -0.4 is 53.4 Å². The molecule has 17 N–H and O–H groups in total. The van der Waals surface area contributed by atoms with Crippen LogP contribution in [-0.4, -0.2) is 188 Å². The lowest BCUT2D eigenvalue weighted by Crippen LogP contribution is -2.57. The molecule has 10 rings (SSSR count). The summed E-state index contributed by atoms with van der Waals surface area (Å²) < 4.78 is 0. The van der Waals surface area contributed by atoms with E-state index in [-0.39, 0.29) is 76.7 Å². The number of hydrogen-bond donors (Lipinski definition) is 16. The molecule has 0 bridgehead atoms. The number of aromatic hydroxyl groups is 1. The summed E-state index contributed by atoms with van der Waals surface area (Å²) in [5, 5.41) is 69.4. The van der Waals surface area contributed by atoms with Crippen molar-refractivity contribution in [2.24, 2.45) is 0 Å². The highest BCUT2D eigenvalue weighted by atomic mass is 35.5. The van der Waals surface area contributed by atoms with E-state index in [4.69, 9.17) is 17.3 Å². The molecule has 5 heterocycles. The van der Waals surface area contributed by atoms with Crippen LogP contribution in [0.15, 0.2) is 114 Å². The van der Waals surface area contributed by atoms with E-state index in [1.165, 1.54) is 35.4 Å². The van der Waals surface area contributed by atoms with Crippen molar-refractivity contribution >= 4 is 171 Å². The molecule has 0 aliphatic carbocycles. The number of halogens is 1. The van der Waals surface area contributed by atoms with Crippen LogP contribution >= 0.6 is 33.2 Å². The highest BCUT2D eigenvalue weighted by Crippen LogP contribution is 2.47. The number of alkyl halides is 1. The Labute approximate surface area is 576 Å². The number of anilines is 5. The van der Waals surface area contributed by atoms with Crippen molar-refractivity contribution in [3.8, 4) is 5.75 Å². The molecule has 518 valence electrons. The predicted molar refractivity (Wildman–Crippen MR) is 369 cm³/mol. The molecule has 0 saturated heterocycles. The van der Waals surface area contributed by atoms with Gasteiger partial charge in [-0.2, -0.15) is 4.98 Å². The zero-order chi connectivity index (χ0) is 71.5. The van der Waals surface area contributed by atoms with Gasteiger partial charge in [0, 0.05) is 98.9 Å². The van der Waals surface area contributed by atoms with Gasteiger partial charge in [-0.15, -0.1) is 11.6 Å². The second-order valence-corrected chi connectivity index (χ2v) is 25.8. The minimum Gasteiger partial charge on any atom is -0.507 e. The first-order valence-electron chi connectivity index (χ1n) is 30.3. The summed E-state index contributed by atoms with van der Waals surface area (Å²) >= 11 is 6.77. The third-order valence-corrected chi connectivity index (χ3v) is 18.2. The molecule has 5 aromatic carbocycles. The van der Waals surface area contributed by atoms with Gasteiger partial charge in [0.05, 0.1) is 49.1 Å². The molecule has 33 nitrogen and oxygen atoms in total. The fourth-order valence-corrected chi connectivity index (χ4v) is 13.2. The fourth-order valence-electron chi connectivity index (χ4n) is 10.7. The van der Waals surface area contributed by atoms with Gasteiger partial charge in [-0.3, -0.25) is 57.8 Å². The number of phenols is 1. The lowest BCUT2D eigenvalue weighted by molar-refractivity contribution is -0.143. The van der Waals surface area contributed by atoms with Gasteiger partial charge in [-0.25, -0.2) is 19.6 Å². The van der Waals surface area contributed by atoms with Crippen molar-refractivity contribution in [2.75, 3.05) is 70.8 Å². The molecule has 0 spiro atoms. The minimum absolute atomic E-state index is 0.0209. The van der Waals surface area contributed by atoms with Crippen molar-refractivity contribution in [1.29, 1.82) is 0 Å². The van der Waals surface area contributed by atoms with E-state index >= 15 is 0 Å². The van der Waals surface area contributed by atoms with Crippen LogP contribution in [0.4, 0.5) is 28.7 Å². The zero-order valence-corrected chi connectivity index (χ0v) is 54.5. The molecule has 4 unspecified atom stereocenters. The number of aromatic nitrogens is 6. The number of H-pyrrole nitrogens is 3. The number of amides is 7. The molecule has 36 heteroatoms. The number of carboxylic acid groups (broad SMARTS) is 4. The first-order chi connectivity index (χ1) is 47.8. The second kappa shape index (κ2) is 31.6. The molecule has 1 aliphatic heterocycles. The number of nitrogens with zero attached hydrogens (tertiary/aromatic N) is 5. The smallest absolute Gasteiger partial charge is 0.327 e. The number of nitrogen functional groups attached to an aromatic ring is 1. The number of carboxylic acids is 4. The van der Waals surface area contributed by atoms with E-state index < -0.39 is 127 Å². The first kappa shape index (κ1) is 71.0. The topological polar surface area (TPSA) is 509 Å². The molecule has 0 fully saturated rings. The van der Waals surface area contributed by atoms with E-state index in [9.17, 15) is 83.1 Å². The summed E-state index contributed by atoms with van der Waals surface area (Å²) in [6, 6.07) is 22.9. The van der Waals surface area contributed by atoms with Crippen LogP contribution in [0, 0.1) is 0 Å². The van der Waals surface area contributed by atoms with E-state index in [1.807, 2.05) is 18.2 Å². The number of rotatable bonds is 31. The number of carbonyl (C=O) groups is 11. The van der Waals surface area contributed by atoms with Crippen molar-refractivity contribution in [3.05, 3.63) is 148 Å². The highest BCUT2D eigenvalue weighted by Gasteiger charge is 2.36. The number of hydrogen-bond acceptors (Lipinski definition) is 21. The van der Waals surface area contributed by atoms with Gasteiger partial charge in [-0.05, 0) is 84.6 Å². The Hall–Kier alpha value is -11.8. The van der Waals surface area contributed by atoms with Gasteiger partial charge in [0.2, 0.25) is 29.6 Å². The van der Waals surface area contributed by atoms with Crippen LogP contribution in [0.3, 0.4) is 0 Å². The predicted octanol–water partition coefficient (Wildman–Crippen LogP) is 3.94.